The Hall–Kier alpha value is -3.04. The van der Waals surface area contributed by atoms with Gasteiger partial charge in [0.25, 0.3) is 0 Å². The van der Waals surface area contributed by atoms with E-state index in [1.807, 2.05) is 28.9 Å². The molecule has 2 saturated heterocycles. The molecule has 0 aliphatic carbocycles. The summed E-state index contributed by atoms with van der Waals surface area (Å²) in [6, 6.07) is 14.7. The lowest BCUT2D eigenvalue weighted by Gasteiger charge is -2.40. The average Bonchev–Trinajstić information content (AvgIpc) is 3.54. The molecular formula is C24H29FN6O2. The Morgan fingerprint density at radius 1 is 1.06 bits per heavy atom. The van der Waals surface area contributed by atoms with Crippen LogP contribution in [0.2, 0.25) is 0 Å². The van der Waals surface area contributed by atoms with Crippen LogP contribution in [-0.2, 0) is 11.3 Å². The van der Waals surface area contributed by atoms with E-state index in [1.165, 1.54) is 17.8 Å². The summed E-state index contributed by atoms with van der Waals surface area (Å²) in [5, 5.41) is 12.7. The molecule has 2 aliphatic heterocycles. The van der Waals surface area contributed by atoms with E-state index in [4.69, 9.17) is 9.47 Å². The van der Waals surface area contributed by atoms with Crippen LogP contribution >= 0.6 is 0 Å². The van der Waals surface area contributed by atoms with Crippen LogP contribution in [-0.4, -0.2) is 71.1 Å². The fourth-order valence-electron chi connectivity index (χ4n) is 4.72. The summed E-state index contributed by atoms with van der Waals surface area (Å²) in [5.74, 6) is 1.38. The Morgan fingerprint density at radius 2 is 1.82 bits per heavy atom. The van der Waals surface area contributed by atoms with Crippen LogP contribution in [0.4, 0.5) is 10.1 Å². The minimum absolute atomic E-state index is 0.132. The van der Waals surface area contributed by atoms with E-state index in [2.05, 4.69) is 37.5 Å². The van der Waals surface area contributed by atoms with Crippen LogP contribution in [0.15, 0.2) is 48.5 Å². The molecule has 1 aromatic heterocycles. The van der Waals surface area contributed by atoms with Crippen LogP contribution in [0, 0.1) is 5.82 Å². The van der Waals surface area contributed by atoms with Gasteiger partial charge in [0.2, 0.25) is 0 Å². The number of methoxy groups -OCH3 is 1. The van der Waals surface area contributed by atoms with Crippen LogP contribution < -0.4 is 9.64 Å². The number of halogens is 1. The Bertz CT molecular complexity index is 1030. The molecule has 5 rings (SSSR count). The second-order valence-electron chi connectivity index (χ2n) is 8.53. The molecule has 9 heteroatoms. The third-order valence-corrected chi connectivity index (χ3v) is 6.51. The fraction of sp³-hybridized carbons (Fsp3) is 0.458. The highest BCUT2D eigenvalue weighted by atomic mass is 19.1. The normalized spacial score (nSPS) is 20.2. The van der Waals surface area contributed by atoms with E-state index in [0.717, 1.165) is 62.8 Å². The van der Waals surface area contributed by atoms with Crippen molar-refractivity contribution >= 4 is 5.69 Å². The minimum atomic E-state index is -0.249. The van der Waals surface area contributed by atoms with Crippen molar-refractivity contribution in [1.82, 2.24) is 25.1 Å². The number of hydrogen-bond donors (Lipinski definition) is 0. The SMILES string of the molecule is COc1ccc(N2CCN([C@H](c3ccc(F)cc3)c3nnnn3C[C@H]3CCCO3)CC2)cc1. The van der Waals surface area contributed by atoms with Gasteiger partial charge in [0, 0.05) is 38.5 Å². The van der Waals surface area contributed by atoms with Crippen molar-refractivity contribution in [2.75, 3.05) is 44.8 Å². The molecule has 0 unspecified atom stereocenters. The Morgan fingerprint density at radius 3 is 2.48 bits per heavy atom. The fourth-order valence-corrected chi connectivity index (χ4v) is 4.72. The zero-order valence-electron chi connectivity index (χ0n) is 18.8. The average molecular weight is 453 g/mol. The van der Waals surface area contributed by atoms with Gasteiger partial charge >= 0.3 is 0 Å². The minimum Gasteiger partial charge on any atom is -0.497 e. The number of tetrazole rings is 1. The second kappa shape index (κ2) is 9.84. The molecule has 2 aromatic carbocycles. The van der Waals surface area contributed by atoms with Crippen molar-refractivity contribution in [3.63, 3.8) is 0 Å². The topological polar surface area (TPSA) is 68.5 Å². The van der Waals surface area contributed by atoms with Crippen molar-refractivity contribution in [2.24, 2.45) is 0 Å². The highest BCUT2D eigenvalue weighted by Crippen LogP contribution is 2.30. The van der Waals surface area contributed by atoms with Crippen LogP contribution in [0.3, 0.4) is 0 Å². The molecule has 2 aliphatic rings. The maximum Gasteiger partial charge on any atom is 0.173 e. The summed E-state index contributed by atoms with van der Waals surface area (Å²) in [5.41, 5.74) is 2.16. The van der Waals surface area contributed by atoms with Crippen molar-refractivity contribution < 1.29 is 13.9 Å². The summed E-state index contributed by atoms with van der Waals surface area (Å²) in [7, 11) is 1.68. The Balaban J connectivity index is 1.37. The molecule has 0 bridgehead atoms. The number of anilines is 1. The summed E-state index contributed by atoms with van der Waals surface area (Å²) in [6.07, 6.45) is 2.21. The van der Waals surface area contributed by atoms with Crippen molar-refractivity contribution in [2.45, 2.75) is 31.5 Å². The molecular weight excluding hydrogens is 423 g/mol. The first-order valence-corrected chi connectivity index (χ1v) is 11.5. The van der Waals surface area contributed by atoms with Gasteiger partial charge in [0.1, 0.15) is 11.6 Å². The van der Waals surface area contributed by atoms with E-state index in [-0.39, 0.29) is 18.0 Å². The summed E-state index contributed by atoms with van der Waals surface area (Å²) in [6.45, 7) is 4.83. The number of ether oxygens (including phenoxy) is 2. The van der Waals surface area contributed by atoms with Gasteiger partial charge in [-0.25, -0.2) is 9.07 Å². The van der Waals surface area contributed by atoms with Crippen LogP contribution in [0.25, 0.3) is 0 Å². The second-order valence-corrected chi connectivity index (χ2v) is 8.53. The van der Waals surface area contributed by atoms with Gasteiger partial charge in [-0.15, -0.1) is 5.10 Å². The monoisotopic (exact) mass is 452 g/mol. The first kappa shape index (κ1) is 21.8. The lowest BCUT2D eigenvalue weighted by Crippen LogP contribution is -2.48. The first-order valence-electron chi connectivity index (χ1n) is 11.5. The van der Waals surface area contributed by atoms with Gasteiger partial charge in [-0.2, -0.15) is 0 Å². The predicted octanol–water partition coefficient (Wildman–Crippen LogP) is 2.91. The Kier molecular flexibility index (Phi) is 6.50. The van der Waals surface area contributed by atoms with E-state index in [9.17, 15) is 4.39 Å². The third-order valence-electron chi connectivity index (χ3n) is 6.51. The van der Waals surface area contributed by atoms with Crippen molar-refractivity contribution in [3.8, 4) is 5.75 Å². The predicted molar refractivity (Wildman–Crippen MR) is 122 cm³/mol. The first-order chi connectivity index (χ1) is 16.2. The molecule has 3 heterocycles. The third kappa shape index (κ3) is 4.84. The van der Waals surface area contributed by atoms with E-state index in [1.54, 1.807) is 7.11 Å². The van der Waals surface area contributed by atoms with Gasteiger partial charge in [-0.1, -0.05) is 12.1 Å². The molecule has 2 fully saturated rings. The highest BCUT2D eigenvalue weighted by molar-refractivity contribution is 5.49. The lowest BCUT2D eigenvalue weighted by molar-refractivity contribution is 0.0906. The molecule has 0 radical (unpaired) electrons. The van der Waals surface area contributed by atoms with Gasteiger partial charge < -0.3 is 14.4 Å². The van der Waals surface area contributed by atoms with Crippen molar-refractivity contribution in [3.05, 3.63) is 65.7 Å². The summed E-state index contributed by atoms with van der Waals surface area (Å²) in [4.78, 5) is 4.75. The molecule has 33 heavy (non-hydrogen) atoms. The van der Waals surface area contributed by atoms with Gasteiger partial charge in [-0.3, -0.25) is 4.90 Å². The lowest BCUT2D eigenvalue weighted by atomic mass is 10.0. The molecule has 0 spiro atoms. The molecule has 3 aromatic rings. The highest BCUT2D eigenvalue weighted by Gasteiger charge is 2.31. The molecule has 174 valence electrons. The number of aromatic nitrogens is 4. The summed E-state index contributed by atoms with van der Waals surface area (Å²) < 4.78 is 26.6. The number of hydrogen-bond acceptors (Lipinski definition) is 7. The smallest absolute Gasteiger partial charge is 0.173 e. The number of benzene rings is 2. The molecule has 0 N–H and O–H groups in total. The zero-order chi connectivity index (χ0) is 22.6. The molecule has 2 atom stereocenters. The summed E-state index contributed by atoms with van der Waals surface area (Å²) >= 11 is 0. The van der Waals surface area contributed by atoms with Crippen molar-refractivity contribution in [1.29, 1.82) is 0 Å². The van der Waals surface area contributed by atoms with Crippen LogP contribution in [0.1, 0.15) is 30.3 Å². The van der Waals surface area contributed by atoms with Gasteiger partial charge in [0.15, 0.2) is 5.82 Å². The van der Waals surface area contributed by atoms with Gasteiger partial charge in [0.05, 0.1) is 25.8 Å². The maximum absolute atomic E-state index is 13.7. The number of nitrogens with zero attached hydrogens (tertiary/aromatic N) is 6. The molecule has 0 saturated carbocycles. The number of piperazine rings is 1. The van der Waals surface area contributed by atoms with E-state index < -0.39 is 0 Å². The number of rotatable bonds is 7. The van der Waals surface area contributed by atoms with E-state index >= 15 is 0 Å². The van der Waals surface area contributed by atoms with E-state index in [0.29, 0.717) is 6.54 Å². The maximum atomic E-state index is 13.7. The van der Waals surface area contributed by atoms with Gasteiger partial charge in [-0.05, 0) is 65.2 Å². The molecule has 0 amide bonds. The standard InChI is InChI=1S/C24H29FN6O2/c1-32-21-10-8-20(9-11-21)29-12-14-30(15-13-29)23(18-4-6-19(25)7-5-18)24-26-27-28-31(24)17-22-3-2-16-33-22/h4-11,22-23H,2-3,12-17H2,1H3/t22-,23-/m1/s1. The Labute approximate surface area is 192 Å². The quantitative estimate of drug-likeness (QED) is 0.546. The zero-order valence-corrected chi connectivity index (χ0v) is 18.8. The largest absolute Gasteiger partial charge is 0.497 e. The van der Waals surface area contributed by atoms with Crippen LogP contribution in [0.5, 0.6) is 5.75 Å². The molecule has 8 nitrogen and oxygen atoms in total.